The summed E-state index contributed by atoms with van der Waals surface area (Å²) in [5.74, 6) is 0. The summed E-state index contributed by atoms with van der Waals surface area (Å²) in [5, 5.41) is 26.6. The van der Waals surface area contributed by atoms with Gasteiger partial charge in [0.25, 0.3) is 0 Å². The Bertz CT molecular complexity index is 127. The van der Waals surface area contributed by atoms with E-state index in [1.54, 1.807) is 0 Å². The first-order valence-electron chi connectivity index (χ1n) is 2.99. The molecule has 0 unspecified atom stereocenters. The Morgan fingerprint density at radius 3 is 2.50 bits per heavy atom. The van der Waals surface area contributed by atoms with Gasteiger partial charge in [-0.05, 0) is 0 Å². The van der Waals surface area contributed by atoms with Crippen LogP contribution >= 0.6 is 0 Å². The summed E-state index contributed by atoms with van der Waals surface area (Å²) >= 11 is 0. The first kappa shape index (κ1) is 7.90. The minimum absolute atomic E-state index is 0.139. The lowest BCUT2D eigenvalue weighted by Crippen LogP contribution is -2.52. The molecule has 1 heterocycles. The highest BCUT2D eigenvalue weighted by molar-refractivity contribution is 4.91. The van der Waals surface area contributed by atoms with E-state index in [-0.39, 0.29) is 13.2 Å². The van der Waals surface area contributed by atoms with Gasteiger partial charge in [-0.15, -0.1) is 0 Å². The highest BCUT2D eigenvalue weighted by atomic mass is 16.5. The van der Waals surface area contributed by atoms with Crippen molar-refractivity contribution in [2.24, 2.45) is 5.73 Å². The largest absolute Gasteiger partial charge is 0.394 e. The van der Waals surface area contributed by atoms with Gasteiger partial charge in [0.15, 0.2) is 5.72 Å². The summed E-state index contributed by atoms with van der Waals surface area (Å²) in [4.78, 5) is 0. The van der Waals surface area contributed by atoms with E-state index >= 15 is 0 Å². The molecule has 3 atom stereocenters. The van der Waals surface area contributed by atoms with Crippen LogP contribution in [0, 0.1) is 0 Å². The summed E-state index contributed by atoms with van der Waals surface area (Å²) in [6, 6.07) is 0. The lowest BCUT2D eigenvalue weighted by atomic mass is 10.1. The van der Waals surface area contributed by atoms with Crippen molar-refractivity contribution >= 4 is 0 Å². The van der Waals surface area contributed by atoms with E-state index in [4.69, 9.17) is 25.8 Å². The number of hydrogen-bond donors (Lipinski definition) is 4. The Morgan fingerprint density at radius 2 is 2.30 bits per heavy atom. The standard InChI is InChI=1S/C5H11NO4/c6-5(9)2-10-3(1-7)4(5)8/h3-4,7-9H,1-2,6H2/t3-,4-,5-/m0/s1. The molecule has 0 saturated carbocycles. The minimum atomic E-state index is -1.70. The van der Waals surface area contributed by atoms with Crippen molar-refractivity contribution in [2.75, 3.05) is 13.2 Å². The molecule has 0 aliphatic carbocycles. The lowest BCUT2D eigenvalue weighted by Gasteiger charge is -2.19. The van der Waals surface area contributed by atoms with Gasteiger partial charge in [0, 0.05) is 0 Å². The summed E-state index contributed by atoms with van der Waals surface area (Å²) in [5.41, 5.74) is 3.46. The maximum atomic E-state index is 9.06. The quantitative estimate of drug-likeness (QED) is 0.306. The van der Waals surface area contributed by atoms with Gasteiger partial charge in [-0.2, -0.15) is 0 Å². The molecule has 5 N–H and O–H groups in total. The maximum Gasteiger partial charge on any atom is 0.165 e. The van der Waals surface area contributed by atoms with Crippen molar-refractivity contribution in [1.29, 1.82) is 0 Å². The van der Waals surface area contributed by atoms with Crippen LogP contribution in [-0.2, 0) is 4.74 Å². The predicted octanol–water partition coefficient (Wildman–Crippen LogP) is -2.61. The molecule has 1 rings (SSSR count). The Kier molecular flexibility index (Phi) is 1.93. The molecule has 5 heteroatoms. The average Bonchev–Trinajstić information content (AvgIpc) is 2.10. The second kappa shape index (κ2) is 2.44. The fourth-order valence-electron chi connectivity index (χ4n) is 0.892. The molecular formula is C5H11NO4. The van der Waals surface area contributed by atoms with Gasteiger partial charge in [0.05, 0.1) is 13.2 Å². The molecule has 0 aromatic heterocycles. The Hall–Kier alpha value is -0.200. The maximum absolute atomic E-state index is 9.06. The second-order valence-electron chi connectivity index (χ2n) is 2.47. The normalized spacial score (nSPS) is 48.0. The summed E-state index contributed by atoms with van der Waals surface area (Å²) in [6.07, 6.45) is -1.95. The molecule has 0 spiro atoms. The van der Waals surface area contributed by atoms with Crippen molar-refractivity contribution in [3.63, 3.8) is 0 Å². The van der Waals surface area contributed by atoms with Crippen LogP contribution in [0.2, 0.25) is 0 Å². The Morgan fingerprint density at radius 1 is 1.70 bits per heavy atom. The highest BCUT2D eigenvalue weighted by Crippen LogP contribution is 2.19. The van der Waals surface area contributed by atoms with Crippen LogP contribution in [0.3, 0.4) is 0 Å². The van der Waals surface area contributed by atoms with Gasteiger partial charge in [0.2, 0.25) is 0 Å². The van der Waals surface area contributed by atoms with Crippen molar-refractivity contribution in [3.05, 3.63) is 0 Å². The molecule has 1 aliphatic rings. The van der Waals surface area contributed by atoms with Gasteiger partial charge < -0.3 is 20.1 Å². The van der Waals surface area contributed by atoms with Crippen LogP contribution in [0.4, 0.5) is 0 Å². The van der Waals surface area contributed by atoms with E-state index < -0.39 is 17.9 Å². The molecule has 10 heavy (non-hydrogen) atoms. The van der Waals surface area contributed by atoms with E-state index in [1.165, 1.54) is 0 Å². The monoisotopic (exact) mass is 149 g/mol. The van der Waals surface area contributed by atoms with Gasteiger partial charge >= 0.3 is 0 Å². The minimum Gasteiger partial charge on any atom is -0.394 e. The van der Waals surface area contributed by atoms with Gasteiger partial charge in [-0.25, -0.2) is 0 Å². The van der Waals surface area contributed by atoms with E-state index in [1.807, 2.05) is 0 Å². The van der Waals surface area contributed by atoms with E-state index in [0.717, 1.165) is 0 Å². The van der Waals surface area contributed by atoms with E-state index in [2.05, 4.69) is 0 Å². The summed E-state index contributed by atoms with van der Waals surface area (Å²) in [6.45, 7) is -0.472. The third-order valence-corrected chi connectivity index (χ3v) is 1.57. The average molecular weight is 149 g/mol. The van der Waals surface area contributed by atoms with Crippen LogP contribution in [-0.4, -0.2) is 46.5 Å². The molecule has 1 saturated heterocycles. The molecule has 0 amide bonds. The van der Waals surface area contributed by atoms with Crippen molar-refractivity contribution in [2.45, 2.75) is 17.9 Å². The number of aliphatic hydroxyl groups excluding tert-OH is 2. The first-order chi connectivity index (χ1) is 4.58. The molecule has 60 valence electrons. The fourth-order valence-corrected chi connectivity index (χ4v) is 0.892. The fraction of sp³-hybridized carbons (Fsp3) is 1.00. The predicted molar refractivity (Wildman–Crippen MR) is 32.0 cm³/mol. The molecular weight excluding hydrogens is 138 g/mol. The number of rotatable bonds is 1. The zero-order chi connectivity index (χ0) is 7.78. The first-order valence-corrected chi connectivity index (χ1v) is 2.99. The molecule has 0 aromatic carbocycles. The molecule has 1 fully saturated rings. The topological polar surface area (TPSA) is 95.9 Å². The highest BCUT2D eigenvalue weighted by Gasteiger charge is 2.44. The SMILES string of the molecule is N[C@]1(O)CO[C@@H](CO)[C@@H]1O. The molecule has 5 nitrogen and oxygen atoms in total. The smallest absolute Gasteiger partial charge is 0.165 e. The molecule has 0 radical (unpaired) electrons. The third-order valence-electron chi connectivity index (χ3n) is 1.57. The number of ether oxygens (including phenoxy) is 1. The summed E-state index contributed by atoms with van der Waals surface area (Å²) < 4.78 is 4.75. The zero-order valence-electron chi connectivity index (χ0n) is 5.40. The molecule has 0 bridgehead atoms. The van der Waals surface area contributed by atoms with Crippen LogP contribution in [0.15, 0.2) is 0 Å². The van der Waals surface area contributed by atoms with Crippen molar-refractivity contribution in [1.82, 2.24) is 0 Å². The van der Waals surface area contributed by atoms with Crippen molar-refractivity contribution in [3.8, 4) is 0 Å². The second-order valence-corrected chi connectivity index (χ2v) is 2.47. The summed E-state index contributed by atoms with van der Waals surface area (Å²) in [7, 11) is 0. The van der Waals surface area contributed by atoms with Gasteiger partial charge in [-0.3, -0.25) is 5.73 Å². The van der Waals surface area contributed by atoms with E-state index in [9.17, 15) is 0 Å². The van der Waals surface area contributed by atoms with Crippen LogP contribution in [0.1, 0.15) is 0 Å². The number of nitrogens with two attached hydrogens (primary N) is 1. The lowest BCUT2D eigenvalue weighted by molar-refractivity contribution is -0.0511. The molecule has 1 aliphatic heterocycles. The van der Waals surface area contributed by atoms with Crippen LogP contribution in [0.25, 0.3) is 0 Å². The van der Waals surface area contributed by atoms with E-state index in [0.29, 0.717) is 0 Å². The zero-order valence-corrected chi connectivity index (χ0v) is 5.40. The third kappa shape index (κ3) is 1.14. The number of hydrogen-bond acceptors (Lipinski definition) is 5. The molecule has 0 aromatic rings. The van der Waals surface area contributed by atoms with Gasteiger partial charge in [0.1, 0.15) is 12.2 Å². The van der Waals surface area contributed by atoms with Crippen molar-refractivity contribution < 1.29 is 20.1 Å². The Labute approximate surface area is 58.0 Å². The number of aliphatic hydroxyl groups is 3. The van der Waals surface area contributed by atoms with Gasteiger partial charge in [-0.1, -0.05) is 0 Å². The van der Waals surface area contributed by atoms with Crippen LogP contribution < -0.4 is 5.73 Å². The Balaban J connectivity index is 2.58. The van der Waals surface area contributed by atoms with Crippen LogP contribution in [0.5, 0.6) is 0 Å².